The fourth-order valence-electron chi connectivity index (χ4n) is 2.80. The molecule has 0 aliphatic carbocycles. The second kappa shape index (κ2) is 10.1. The summed E-state index contributed by atoms with van der Waals surface area (Å²) in [6.07, 6.45) is 1.18. The normalized spacial score (nSPS) is 10.4. The molecule has 0 atom stereocenters. The Bertz CT molecular complexity index is 893. The molecule has 0 spiro atoms. The molecule has 0 aromatic heterocycles. The van der Waals surface area contributed by atoms with Crippen LogP contribution in [0, 0.1) is 0 Å². The lowest BCUT2D eigenvalue weighted by atomic mass is 10.1. The standard InChI is InChI=1S/C24H22O6/c25-23(26)15-5-17-1-7-19(8-2-17)29-21-11-13-22(14-12-21)30-20-9-3-18(4-10-20)6-16-24(27)28/h1-4,7-14H,5-6,15-16H2,(H,25,26)(H,27,28). The van der Waals surface area contributed by atoms with Crippen LogP contribution in [0.4, 0.5) is 0 Å². The Morgan fingerprint density at radius 1 is 0.533 bits per heavy atom. The summed E-state index contributed by atoms with van der Waals surface area (Å²) in [5.74, 6) is 1.02. The minimum Gasteiger partial charge on any atom is -0.481 e. The van der Waals surface area contributed by atoms with Crippen LogP contribution in [0.1, 0.15) is 24.0 Å². The van der Waals surface area contributed by atoms with Gasteiger partial charge in [0, 0.05) is 12.8 Å². The third-order valence-corrected chi connectivity index (χ3v) is 4.40. The molecule has 6 nitrogen and oxygen atoms in total. The highest BCUT2D eigenvalue weighted by molar-refractivity contribution is 5.67. The van der Waals surface area contributed by atoms with Gasteiger partial charge in [-0.1, -0.05) is 24.3 Å². The molecule has 0 aliphatic heterocycles. The summed E-state index contributed by atoms with van der Waals surface area (Å²) in [5, 5.41) is 17.5. The van der Waals surface area contributed by atoms with Gasteiger partial charge in [-0.2, -0.15) is 0 Å². The highest BCUT2D eigenvalue weighted by Gasteiger charge is 2.04. The van der Waals surface area contributed by atoms with E-state index in [1.54, 1.807) is 24.3 Å². The SMILES string of the molecule is O=C(O)CCc1ccc(Oc2ccc(Oc3ccc(CCC(=O)O)cc3)cc2)cc1. The molecule has 0 bridgehead atoms. The maximum absolute atomic E-state index is 10.6. The molecule has 0 unspecified atom stereocenters. The van der Waals surface area contributed by atoms with Crippen LogP contribution in [0.2, 0.25) is 0 Å². The van der Waals surface area contributed by atoms with Crippen molar-refractivity contribution in [1.82, 2.24) is 0 Å². The van der Waals surface area contributed by atoms with Gasteiger partial charge in [0.15, 0.2) is 0 Å². The topological polar surface area (TPSA) is 93.1 Å². The molecular weight excluding hydrogens is 384 g/mol. The lowest BCUT2D eigenvalue weighted by Crippen LogP contribution is -1.97. The number of hydrogen-bond acceptors (Lipinski definition) is 4. The van der Waals surface area contributed by atoms with Gasteiger partial charge in [-0.3, -0.25) is 9.59 Å². The summed E-state index contributed by atoms with van der Waals surface area (Å²) in [5.41, 5.74) is 1.89. The number of aliphatic carboxylic acids is 2. The van der Waals surface area contributed by atoms with Crippen molar-refractivity contribution < 1.29 is 29.3 Å². The van der Waals surface area contributed by atoms with Crippen LogP contribution in [-0.2, 0) is 22.4 Å². The van der Waals surface area contributed by atoms with Crippen molar-refractivity contribution >= 4 is 11.9 Å². The molecule has 0 aliphatic rings. The van der Waals surface area contributed by atoms with Gasteiger partial charge in [-0.15, -0.1) is 0 Å². The molecule has 30 heavy (non-hydrogen) atoms. The highest BCUT2D eigenvalue weighted by Crippen LogP contribution is 2.27. The number of ether oxygens (including phenoxy) is 2. The van der Waals surface area contributed by atoms with Crippen LogP contribution in [0.15, 0.2) is 72.8 Å². The summed E-state index contributed by atoms with van der Waals surface area (Å²) >= 11 is 0. The van der Waals surface area contributed by atoms with E-state index in [0.717, 1.165) is 11.1 Å². The number of benzene rings is 3. The minimum absolute atomic E-state index is 0.104. The molecule has 0 radical (unpaired) electrons. The zero-order valence-corrected chi connectivity index (χ0v) is 16.3. The predicted molar refractivity (Wildman–Crippen MR) is 111 cm³/mol. The van der Waals surface area contributed by atoms with E-state index >= 15 is 0 Å². The fraction of sp³-hybridized carbons (Fsp3) is 0.167. The van der Waals surface area contributed by atoms with Crippen LogP contribution in [-0.4, -0.2) is 22.2 Å². The maximum Gasteiger partial charge on any atom is 0.303 e. The molecule has 3 aromatic rings. The van der Waals surface area contributed by atoms with Crippen molar-refractivity contribution in [3.05, 3.63) is 83.9 Å². The van der Waals surface area contributed by atoms with E-state index < -0.39 is 11.9 Å². The summed E-state index contributed by atoms with van der Waals surface area (Å²) in [6, 6.07) is 21.9. The van der Waals surface area contributed by atoms with Crippen molar-refractivity contribution in [2.24, 2.45) is 0 Å². The van der Waals surface area contributed by atoms with Gasteiger partial charge < -0.3 is 19.7 Å². The molecular formula is C24H22O6. The monoisotopic (exact) mass is 406 g/mol. The Hall–Kier alpha value is -3.80. The first kappa shape index (κ1) is 20.9. The third kappa shape index (κ3) is 6.67. The number of carboxylic acid groups (broad SMARTS) is 2. The van der Waals surface area contributed by atoms with Gasteiger partial charge in [0.2, 0.25) is 0 Å². The maximum atomic E-state index is 10.6. The summed E-state index contributed by atoms with van der Waals surface area (Å²) in [7, 11) is 0. The van der Waals surface area contributed by atoms with Gasteiger partial charge in [0.1, 0.15) is 23.0 Å². The second-order valence-corrected chi connectivity index (χ2v) is 6.75. The number of rotatable bonds is 10. The van der Waals surface area contributed by atoms with E-state index in [0.29, 0.717) is 35.8 Å². The Labute approximate surface area is 174 Å². The van der Waals surface area contributed by atoms with E-state index in [4.69, 9.17) is 19.7 Å². The molecule has 0 saturated heterocycles. The van der Waals surface area contributed by atoms with Crippen LogP contribution >= 0.6 is 0 Å². The summed E-state index contributed by atoms with van der Waals surface area (Å²) in [4.78, 5) is 21.3. The molecule has 3 rings (SSSR count). The van der Waals surface area contributed by atoms with Crippen LogP contribution in [0.25, 0.3) is 0 Å². The van der Waals surface area contributed by atoms with Crippen LogP contribution in [0.5, 0.6) is 23.0 Å². The average Bonchev–Trinajstić information content (AvgIpc) is 2.74. The number of aryl methyl sites for hydroxylation is 2. The largest absolute Gasteiger partial charge is 0.481 e. The Morgan fingerprint density at radius 2 is 0.800 bits per heavy atom. The van der Waals surface area contributed by atoms with E-state index in [9.17, 15) is 9.59 Å². The molecule has 154 valence electrons. The lowest BCUT2D eigenvalue weighted by Gasteiger charge is -2.09. The smallest absolute Gasteiger partial charge is 0.303 e. The molecule has 0 amide bonds. The number of hydrogen-bond donors (Lipinski definition) is 2. The Morgan fingerprint density at radius 3 is 1.07 bits per heavy atom. The molecule has 0 fully saturated rings. The van der Waals surface area contributed by atoms with Crippen LogP contribution < -0.4 is 9.47 Å². The second-order valence-electron chi connectivity index (χ2n) is 6.75. The van der Waals surface area contributed by atoms with E-state index in [1.807, 2.05) is 48.5 Å². The Balaban J connectivity index is 1.53. The first-order chi connectivity index (χ1) is 14.5. The van der Waals surface area contributed by atoms with Crippen molar-refractivity contribution in [3.63, 3.8) is 0 Å². The number of carboxylic acids is 2. The Kier molecular flexibility index (Phi) is 7.05. The van der Waals surface area contributed by atoms with Gasteiger partial charge >= 0.3 is 11.9 Å². The van der Waals surface area contributed by atoms with Gasteiger partial charge in [-0.25, -0.2) is 0 Å². The fourth-order valence-corrected chi connectivity index (χ4v) is 2.80. The lowest BCUT2D eigenvalue weighted by molar-refractivity contribution is -0.138. The van der Waals surface area contributed by atoms with Crippen molar-refractivity contribution in [2.45, 2.75) is 25.7 Å². The quantitative estimate of drug-likeness (QED) is 0.474. The van der Waals surface area contributed by atoms with Gasteiger partial charge in [0.25, 0.3) is 0 Å². The molecule has 6 heteroatoms. The highest BCUT2D eigenvalue weighted by atomic mass is 16.5. The van der Waals surface area contributed by atoms with E-state index in [1.165, 1.54) is 0 Å². The zero-order chi connectivity index (χ0) is 21.3. The van der Waals surface area contributed by atoms with E-state index in [2.05, 4.69) is 0 Å². The molecule has 3 aromatic carbocycles. The van der Waals surface area contributed by atoms with Crippen molar-refractivity contribution in [3.8, 4) is 23.0 Å². The minimum atomic E-state index is -0.813. The third-order valence-electron chi connectivity index (χ3n) is 4.40. The van der Waals surface area contributed by atoms with Crippen molar-refractivity contribution in [1.29, 1.82) is 0 Å². The summed E-state index contributed by atoms with van der Waals surface area (Å²) in [6.45, 7) is 0. The number of carbonyl (C=O) groups is 2. The predicted octanol–water partition coefficient (Wildman–Crippen LogP) is 5.31. The molecule has 2 N–H and O–H groups in total. The average molecular weight is 406 g/mol. The first-order valence-corrected chi connectivity index (χ1v) is 9.55. The molecule has 0 heterocycles. The first-order valence-electron chi connectivity index (χ1n) is 9.55. The van der Waals surface area contributed by atoms with E-state index in [-0.39, 0.29) is 12.8 Å². The van der Waals surface area contributed by atoms with Crippen molar-refractivity contribution in [2.75, 3.05) is 0 Å². The van der Waals surface area contributed by atoms with Crippen LogP contribution in [0.3, 0.4) is 0 Å². The molecule has 0 saturated carbocycles. The summed E-state index contributed by atoms with van der Waals surface area (Å²) < 4.78 is 11.6. The van der Waals surface area contributed by atoms with Gasteiger partial charge in [0.05, 0.1) is 0 Å². The van der Waals surface area contributed by atoms with Gasteiger partial charge in [-0.05, 0) is 72.5 Å². The zero-order valence-electron chi connectivity index (χ0n) is 16.3.